The summed E-state index contributed by atoms with van der Waals surface area (Å²) >= 11 is 0. The molecule has 1 atom stereocenters. The summed E-state index contributed by atoms with van der Waals surface area (Å²) in [4.78, 5) is 13.2. The Kier molecular flexibility index (Phi) is 4.80. The van der Waals surface area contributed by atoms with Crippen LogP contribution in [0, 0.1) is 11.3 Å². The van der Waals surface area contributed by atoms with Crippen LogP contribution in [0.15, 0.2) is 36.5 Å². The van der Waals surface area contributed by atoms with Gasteiger partial charge in [-0.3, -0.25) is 0 Å². The van der Waals surface area contributed by atoms with Gasteiger partial charge in [0.15, 0.2) is 0 Å². The van der Waals surface area contributed by atoms with Crippen molar-refractivity contribution < 1.29 is 0 Å². The highest BCUT2D eigenvalue weighted by atomic mass is 15.2. The van der Waals surface area contributed by atoms with Crippen LogP contribution in [0.3, 0.4) is 0 Å². The SMILES string of the molecule is CN(C)c1ccnc(NC2CCCN(c3ccc(C#N)cc3)C2)n1. The second-order valence-electron chi connectivity index (χ2n) is 6.22. The van der Waals surface area contributed by atoms with E-state index in [1.54, 1.807) is 6.20 Å². The Morgan fingerprint density at radius 3 is 2.75 bits per heavy atom. The Morgan fingerprint density at radius 2 is 2.04 bits per heavy atom. The van der Waals surface area contributed by atoms with E-state index in [1.165, 1.54) is 0 Å². The lowest BCUT2D eigenvalue weighted by Gasteiger charge is -2.34. The Hall–Kier alpha value is -2.81. The van der Waals surface area contributed by atoms with Crippen LogP contribution in [0.5, 0.6) is 0 Å². The molecule has 0 saturated carbocycles. The first-order valence-electron chi connectivity index (χ1n) is 8.18. The number of piperidine rings is 1. The largest absolute Gasteiger partial charge is 0.369 e. The molecule has 0 radical (unpaired) electrons. The molecule has 1 unspecified atom stereocenters. The standard InChI is InChI=1S/C18H22N6/c1-23(2)17-9-10-20-18(22-17)21-15-4-3-11-24(13-15)16-7-5-14(12-19)6-8-16/h5-10,15H,3-4,11,13H2,1-2H3,(H,20,21,22). The van der Waals surface area contributed by atoms with Gasteiger partial charge in [-0.25, -0.2) is 4.98 Å². The summed E-state index contributed by atoms with van der Waals surface area (Å²) in [6, 6.07) is 12.1. The molecule has 2 heterocycles. The summed E-state index contributed by atoms with van der Waals surface area (Å²) < 4.78 is 0. The van der Waals surface area contributed by atoms with Gasteiger partial charge >= 0.3 is 0 Å². The zero-order valence-electron chi connectivity index (χ0n) is 14.1. The van der Waals surface area contributed by atoms with Gasteiger partial charge in [0.1, 0.15) is 5.82 Å². The number of hydrogen-bond acceptors (Lipinski definition) is 6. The number of rotatable bonds is 4. The Balaban J connectivity index is 1.67. The minimum atomic E-state index is 0.312. The molecule has 1 N–H and O–H groups in total. The van der Waals surface area contributed by atoms with Crippen molar-refractivity contribution >= 4 is 17.5 Å². The maximum absolute atomic E-state index is 8.92. The average Bonchev–Trinajstić information content (AvgIpc) is 2.62. The lowest BCUT2D eigenvalue weighted by atomic mass is 10.0. The predicted octanol–water partition coefficient (Wildman–Crippen LogP) is 2.50. The van der Waals surface area contributed by atoms with Crippen molar-refractivity contribution in [3.8, 4) is 6.07 Å². The smallest absolute Gasteiger partial charge is 0.224 e. The van der Waals surface area contributed by atoms with Gasteiger partial charge in [-0.1, -0.05) is 0 Å². The average molecular weight is 322 g/mol. The molecule has 124 valence electrons. The van der Waals surface area contributed by atoms with Crippen LogP contribution in [0.1, 0.15) is 18.4 Å². The molecule has 6 heteroatoms. The highest BCUT2D eigenvalue weighted by Gasteiger charge is 2.21. The fraction of sp³-hybridized carbons (Fsp3) is 0.389. The van der Waals surface area contributed by atoms with E-state index in [9.17, 15) is 0 Å². The normalized spacial score (nSPS) is 17.2. The monoisotopic (exact) mass is 322 g/mol. The van der Waals surface area contributed by atoms with Crippen LogP contribution < -0.4 is 15.1 Å². The van der Waals surface area contributed by atoms with E-state index in [2.05, 4.69) is 26.3 Å². The van der Waals surface area contributed by atoms with Crippen molar-refractivity contribution in [1.29, 1.82) is 5.26 Å². The van der Waals surface area contributed by atoms with Crippen LogP contribution in [0.4, 0.5) is 17.5 Å². The number of nitrogens with zero attached hydrogens (tertiary/aromatic N) is 5. The van der Waals surface area contributed by atoms with Gasteiger partial charge in [0.2, 0.25) is 5.95 Å². The molecular weight excluding hydrogens is 300 g/mol. The summed E-state index contributed by atoms with van der Waals surface area (Å²) in [5, 5.41) is 12.4. The first-order valence-corrected chi connectivity index (χ1v) is 8.18. The molecule has 1 aliphatic heterocycles. The number of aromatic nitrogens is 2. The van der Waals surface area contributed by atoms with Crippen molar-refractivity contribution in [3.05, 3.63) is 42.1 Å². The third-order valence-electron chi connectivity index (χ3n) is 4.22. The second-order valence-corrected chi connectivity index (χ2v) is 6.22. The molecule has 1 aromatic carbocycles. The number of anilines is 3. The van der Waals surface area contributed by atoms with E-state index < -0.39 is 0 Å². The molecule has 1 fully saturated rings. The quantitative estimate of drug-likeness (QED) is 0.933. The van der Waals surface area contributed by atoms with E-state index in [-0.39, 0.29) is 0 Å². The van der Waals surface area contributed by atoms with Crippen molar-refractivity contribution in [2.45, 2.75) is 18.9 Å². The van der Waals surface area contributed by atoms with E-state index in [1.807, 2.05) is 49.3 Å². The summed E-state index contributed by atoms with van der Waals surface area (Å²) in [7, 11) is 3.94. The van der Waals surface area contributed by atoms with Crippen molar-refractivity contribution in [3.63, 3.8) is 0 Å². The second kappa shape index (κ2) is 7.18. The lowest BCUT2D eigenvalue weighted by Crippen LogP contribution is -2.42. The summed E-state index contributed by atoms with van der Waals surface area (Å²) in [6.07, 6.45) is 4.00. The zero-order valence-corrected chi connectivity index (χ0v) is 14.1. The third kappa shape index (κ3) is 3.74. The van der Waals surface area contributed by atoms with Crippen molar-refractivity contribution in [1.82, 2.24) is 9.97 Å². The van der Waals surface area contributed by atoms with Gasteiger partial charge < -0.3 is 15.1 Å². The Labute approximate surface area is 142 Å². The van der Waals surface area contributed by atoms with Crippen molar-refractivity contribution in [2.75, 3.05) is 42.3 Å². The Bertz CT molecular complexity index is 719. The summed E-state index contributed by atoms with van der Waals surface area (Å²) in [5.41, 5.74) is 1.85. The van der Waals surface area contributed by atoms with E-state index >= 15 is 0 Å². The maximum Gasteiger partial charge on any atom is 0.224 e. The van der Waals surface area contributed by atoms with E-state index in [4.69, 9.17) is 5.26 Å². The molecule has 24 heavy (non-hydrogen) atoms. The predicted molar refractivity (Wildman–Crippen MR) is 96.4 cm³/mol. The minimum absolute atomic E-state index is 0.312. The first-order chi connectivity index (χ1) is 11.7. The van der Waals surface area contributed by atoms with Gasteiger partial charge in [0, 0.05) is 45.1 Å². The van der Waals surface area contributed by atoms with E-state index in [0.29, 0.717) is 17.6 Å². The Morgan fingerprint density at radius 1 is 1.25 bits per heavy atom. The lowest BCUT2D eigenvalue weighted by molar-refractivity contribution is 0.527. The fourth-order valence-corrected chi connectivity index (χ4v) is 2.93. The molecule has 1 saturated heterocycles. The van der Waals surface area contributed by atoms with Crippen LogP contribution in [-0.2, 0) is 0 Å². The topological polar surface area (TPSA) is 68.1 Å². The molecular formula is C18H22N6. The third-order valence-corrected chi connectivity index (χ3v) is 4.22. The molecule has 1 aliphatic rings. The number of benzene rings is 1. The molecule has 0 aliphatic carbocycles. The van der Waals surface area contributed by atoms with Crippen LogP contribution in [-0.4, -0.2) is 43.2 Å². The molecule has 0 amide bonds. The molecule has 6 nitrogen and oxygen atoms in total. The molecule has 0 bridgehead atoms. The number of hydrogen-bond donors (Lipinski definition) is 1. The maximum atomic E-state index is 8.92. The zero-order chi connectivity index (χ0) is 16.9. The highest BCUT2D eigenvalue weighted by Crippen LogP contribution is 2.22. The fourth-order valence-electron chi connectivity index (χ4n) is 2.93. The molecule has 1 aromatic heterocycles. The van der Waals surface area contributed by atoms with Crippen LogP contribution in [0.2, 0.25) is 0 Å². The number of nitrogens with one attached hydrogen (secondary N) is 1. The van der Waals surface area contributed by atoms with Gasteiger partial charge in [0.25, 0.3) is 0 Å². The summed E-state index contributed by atoms with van der Waals surface area (Å²) in [6.45, 7) is 1.93. The van der Waals surface area contributed by atoms with Gasteiger partial charge in [-0.15, -0.1) is 0 Å². The number of nitriles is 1. The highest BCUT2D eigenvalue weighted by molar-refractivity contribution is 5.50. The molecule has 3 rings (SSSR count). The van der Waals surface area contributed by atoms with Crippen LogP contribution in [0.25, 0.3) is 0 Å². The van der Waals surface area contributed by atoms with Gasteiger partial charge in [-0.2, -0.15) is 10.2 Å². The minimum Gasteiger partial charge on any atom is -0.369 e. The van der Waals surface area contributed by atoms with Gasteiger partial charge in [0.05, 0.1) is 11.6 Å². The van der Waals surface area contributed by atoms with Crippen molar-refractivity contribution in [2.24, 2.45) is 0 Å². The summed E-state index contributed by atoms with van der Waals surface area (Å²) in [5.74, 6) is 1.57. The molecule has 0 spiro atoms. The first kappa shape index (κ1) is 16.1. The van der Waals surface area contributed by atoms with E-state index in [0.717, 1.165) is 37.4 Å². The molecule has 2 aromatic rings. The van der Waals surface area contributed by atoms with Gasteiger partial charge in [-0.05, 0) is 43.2 Å². The van der Waals surface area contributed by atoms with Crippen LogP contribution >= 0.6 is 0 Å².